The Kier molecular flexibility index (Phi) is 7.80. The molecule has 160 valence electrons. The fraction of sp³-hybridized carbons (Fsp3) is 0.182. The number of amides is 2. The van der Waals surface area contributed by atoms with Crippen LogP contribution in [0.15, 0.2) is 58.3 Å². The lowest BCUT2D eigenvalue weighted by molar-refractivity contribution is -0.116. The summed E-state index contributed by atoms with van der Waals surface area (Å²) in [7, 11) is 1.57. The van der Waals surface area contributed by atoms with E-state index in [0.29, 0.717) is 28.4 Å². The van der Waals surface area contributed by atoms with Gasteiger partial charge in [0.25, 0.3) is 0 Å². The molecule has 0 atom stereocenters. The van der Waals surface area contributed by atoms with Gasteiger partial charge in [-0.3, -0.25) is 14.4 Å². The molecule has 3 aromatic rings. The number of carbonyl (C=O) groups excluding carboxylic acids is 3. The number of anilines is 2. The van der Waals surface area contributed by atoms with Gasteiger partial charge in [0, 0.05) is 28.4 Å². The maximum atomic E-state index is 12.2. The number of aromatic nitrogens is 1. The summed E-state index contributed by atoms with van der Waals surface area (Å²) in [5.41, 5.74) is 2.51. The highest BCUT2D eigenvalue weighted by atomic mass is 32.2. The molecule has 0 spiro atoms. The van der Waals surface area contributed by atoms with Crippen LogP contribution in [0.4, 0.5) is 11.4 Å². The minimum absolute atomic E-state index is 0.0254. The maximum absolute atomic E-state index is 12.2. The van der Waals surface area contributed by atoms with Gasteiger partial charge in [-0.15, -0.1) is 11.3 Å². The van der Waals surface area contributed by atoms with Crippen LogP contribution in [-0.2, 0) is 16.0 Å². The molecule has 0 aliphatic heterocycles. The molecule has 1 aromatic heterocycles. The number of carbonyl (C=O) groups is 3. The lowest BCUT2D eigenvalue weighted by Gasteiger charge is -2.06. The van der Waals surface area contributed by atoms with Crippen molar-refractivity contribution >= 4 is 52.1 Å². The van der Waals surface area contributed by atoms with Crippen LogP contribution < -0.4 is 15.4 Å². The normalized spacial score (nSPS) is 10.4. The highest BCUT2D eigenvalue weighted by Gasteiger charge is 2.11. The minimum atomic E-state index is -0.201. The Morgan fingerprint density at radius 1 is 1.03 bits per heavy atom. The van der Waals surface area contributed by atoms with Crippen molar-refractivity contribution in [1.82, 2.24) is 4.98 Å². The second kappa shape index (κ2) is 10.7. The molecule has 7 nitrogen and oxygen atoms in total. The van der Waals surface area contributed by atoms with Crippen LogP contribution in [0.3, 0.4) is 0 Å². The van der Waals surface area contributed by atoms with Crippen molar-refractivity contribution < 1.29 is 19.1 Å². The fourth-order valence-corrected chi connectivity index (χ4v) is 4.26. The summed E-state index contributed by atoms with van der Waals surface area (Å²) < 4.78 is 5.86. The zero-order chi connectivity index (χ0) is 22.2. The standard InChI is InChI=1S/C22H21N3O4S2/c1-14(26)15-6-8-16(9-7-15)23-20(27)11-18-12-30-22(25-18)31-13-21(28)24-17-4-3-5-19(10-17)29-2/h3-10,12H,11,13H2,1-2H3,(H,23,27)(H,24,28). The third kappa shape index (κ3) is 6.94. The summed E-state index contributed by atoms with van der Waals surface area (Å²) in [6.45, 7) is 1.49. The van der Waals surface area contributed by atoms with Gasteiger partial charge in [0.1, 0.15) is 5.75 Å². The summed E-state index contributed by atoms with van der Waals surface area (Å²) in [5, 5.41) is 7.41. The first-order chi connectivity index (χ1) is 14.9. The van der Waals surface area contributed by atoms with Gasteiger partial charge in [0.2, 0.25) is 11.8 Å². The number of thiazole rings is 1. The quantitative estimate of drug-likeness (QED) is 0.369. The van der Waals surface area contributed by atoms with Crippen molar-refractivity contribution in [2.45, 2.75) is 17.7 Å². The maximum Gasteiger partial charge on any atom is 0.234 e. The Hall–Kier alpha value is -3.17. The zero-order valence-corrected chi connectivity index (χ0v) is 18.6. The number of nitrogens with zero attached hydrogens (tertiary/aromatic N) is 1. The number of Topliss-reactive ketones (excluding diaryl/α,β-unsaturated/α-hetero) is 1. The van der Waals surface area contributed by atoms with Crippen LogP contribution in [0.5, 0.6) is 5.75 Å². The Bertz CT molecular complexity index is 1080. The average molecular weight is 456 g/mol. The molecule has 2 aromatic carbocycles. The van der Waals surface area contributed by atoms with Crippen molar-refractivity contribution in [3.05, 3.63) is 65.2 Å². The van der Waals surface area contributed by atoms with Crippen molar-refractivity contribution in [3.8, 4) is 5.75 Å². The highest BCUT2D eigenvalue weighted by molar-refractivity contribution is 8.01. The summed E-state index contributed by atoms with van der Waals surface area (Å²) in [6, 6.07) is 13.9. The molecule has 31 heavy (non-hydrogen) atoms. The molecule has 2 N–H and O–H groups in total. The van der Waals surface area contributed by atoms with Gasteiger partial charge in [-0.25, -0.2) is 4.98 Å². The number of ketones is 1. The van der Waals surface area contributed by atoms with Crippen LogP contribution in [0, 0.1) is 0 Å². The van der Waals surface area contributed by atoms with E-state index in [1.54, 1.807) is 61.0 Å². The lowest BCUT2D eigenvalue weighted by Crippen LogP contribution is -2.15. The summed E-state index contributed by atoms with van der Waals surface area (Å²) in [4.78, 5) is 40.1. The third-order valence-corrected chi connectivity index (χ3v) is 6.20. The Balaban J connectivity index is 1.46. The molecule has 0 bridgehead atoms. The number of hydrogen-bond donors (Lipinski definition) is 2. The predicted molar refractivity (Wildman–Crippen MR) is 123 cm³/mol. The molecule has 1 heterocycles. The lowest BCUT2D eigenvalue weighted by atomic mass is 10.1. The molecule has 0 saturated heterocycles. The number of nitrogens with one attached hydrogen (secondary N) is 2. The van der Waals surface area contributed by atoms with Crippen LogP contribution in [-0.4, -0.2) is 35.4 Å². The van der Waals surface area contributed by atoms with E-state index in [1.807, 2.05) is 0 Å². The molecular formula is C22H21N3O4S2. The molecule has 0 fully saturated rings. The van der Waals surface area contributed by atoms with E-state index in [4.69, 9.17) is 4.74 Å². The Morgan fingerprint density at radius 3 is 2.48 bits per heavy atom. The fourth-order valence-electron chi connectivity index (χ4n) is 2.62. The van der Waals surface area contributed by atoms with Gasteiger partial charge in [0.05, 0.1) is 25.0 Å². The van der Waals surface area contributed by atoms with E-state index in [2.05, 4.69) is 15.6 Å². The van der Waals surface area contributed by atoms with Crippen molar-refractivity contribution in [2.75, 3.05) is 23.5 Å². The molecule has 0 saturated carbocycles. The van der Waals surface area contributed by atoms with Crippen LogP contribution in [0.1, 0.15) is 23.0 Å². The van der Waals surface area contributed by atoms with Gasteiger partial charge >= 0.3 is 0 Å². The zero-order valence-electron chi connectivity index (χ0n) is 17.0. The van der Waals surface area contributed by atoms with Gasteiger partial charge in [-0.2, -0.15) is 0 Å². The first-order valence-corrected chi connectivity index (χ1v) is 11.2. The third-order valence-electron chi connectivity index (χ3n) is 4.13. The SMILES string of the molecule is COc1cccc(NC(=O)CSc2nc(CC(=O)Nc3ccc(C(C)=O)cc3)cs2)c1. The number of rotatable bonds is 9. The van der Waals surface area contributed by atoms with E-state index in [9.17, 15) is 14.4 Å². The van der Waals surface area contributed by atoms with Crippen molar-refractivity contribution in [1.29, 1.82) is 0 Å². The van der Waals surface area contributed by atoms with Crippen molar-refractivity contribution in [3.63, 3.8) is 0 Å². The van der Waals surface area contributed by atoms with Crippen LogP contribution >= 0.6 is 23.1 Å². The molecule has 0 aliphatic carbocycles. The van der Waals surface area contributed by atoms with Crippen LogP contribution in [0.25, 0.3) is 0 Å². The van der Waals surface area contributed by atoms with Gasteiger partial charge in [-0.1, -0.05) is 17.8 Å². The van der Waals surface area contributed by atoms with E-state index in [-0.39, 0.29) is 29.8 Å². The summed E-state index contributed by atoms with van der Waals surface area (Å²) >= 11 is 2.71. The number of hydrogen-bond acceptors (Lipinski definition) is 7. The summed E-state index contributed by atoms with van der Waals surface area (Å²) in [5.74, 6) is 0.499. The monoisotopic (exact) mass is 455 g/mol. The van der Waals surface area contributed by atoms with Gasteiger partial charge < -0.3 is 15.4 Å². The molecule has 2 amide bonds. The van der Waals surface area contributed by atoms with E-state index in [1.165, 1.54) is 30.0 Å². The topological polar surface area (TPSA) is 97.4 Å². The smallest absolute Gasteiger partial charge is 0.234 e. The summed E-state index contributed by atoms with van der Waals surface area (Å²) in [6.07, 6.45) is 0.127. The van der Waals surface area contributed by atoms with Gasteiger partial charge in [-0.05, 0) is 43.3 Å². The minimum Gasteiger partial charge on any atom is -0.497 e. The molecular weight excluding hydrogens is 434 g/mol. The second-order valence-corrected chi connectivity index (χ2v) is 8.61. The van der Waals surface area contributed by atoms with Gasteiger partial charge in [0.15, 0.2) is 10.1 Å². The molecule has 0 radical (unpaired) electrons. The van der Waals surface area contributed by atoms with E-state index in [0.717, 1.165) is 4.34 Å². The Labute approximate surface area is 188 Å². The van der Waals surface area contributed by atoms with E-state index >= 15 is 0 Å². The Morgan fingerprint density at radius 2 is 1.77 bits per heavy atom. The van der Waals surface area contributed by atoms with Crippen LogP contribution in [0.2, 0.25) is 0 Å². The molecule has 9 heteroatoms. The average Bonchev–Trinajstić information content (AvgIpc) is 3.20. The van der Waals surface area contributed by atoms with Crippen molar-refractivity contribution in [2.24, 2.45) is 0 Å². The number of methoxy groups -OCH3 is 1. The second-order valence-electron chi connectivity index (χ2n) is 6.53. The molecule has 3 rings (SSSR count). The first-order valence-electron chi connectivity index (χ1n) is 9.35. The number of benzene rings is 2. The number of ether oxygens (including phenoxy) is 1. The van der Waals surface area contributed by atoms with E-state index < -0.39 is 0 Å². The first kappa shape index (κ1) is 22.5. The molecule has 0 aliphatic rings. The highest BCUT2D eigenvalue weighted by Crippen LogP contribution is 2.24. The number of thioether (sulfide) groups is 1. The largest absolute Gasteiger partial charge is 0.497 e. The predicted octanol–water partition coefficient (Wildman–Crippen LogP) is 4.27. The molecule has 0 unspecified atom stereocenters.